The van der Waals surface area contributed by atoms with E-state index in [2.05, 4.69) is 22.9 Å². The Kier molecular flexibility index (Phi) is 3.05. The summed E-state index contributed by atoms with van der Waals surface area (Å²) in [4.78, 5) is 0. The molecule has 0 radical (unpaired) electrons. The summed E-state index contributed by atoms with van der Waals surface area (Å²) in [7, 11) is 0. The van der Waals surface area contributed by atoms with Crippen LogP contribution in [0.3, 0.4) is 0 Å². The van der Waals surface area contributed by atoms with Crippen molar-refractivity contribution in [1.29, 1.82) is 0 Å². The van der Waals surface area contributed by atoms with Crippen LogP contribution in [-0.4, -0.2) is 6.67 Å². The minimum Gasteiger partial charge on any atom is -0.372 e. The van der Waals surface area contributed by atoms with Gasteiger partial charge in [0.05, 0.1) is 6.67 Å². The van der Waals surface area contributed by atoms with E-state index in [0.29, 0.717) is 5.92 Å². The van der Waals surface area contributed by atoms with E-state index in [1.807, 2.05) is 12.1 Å². The van der Waals surface area contributed by atoms with Gasteiger partial charge < -0.3 is 10.6 Å². The van der Waals surface area contributed by atoms with Crippen molar-refractivity contribution in [2.75, 3.05) is 6.67 Å². The molecule has 3 rings (SSSR count). The Morgan fingerprint density at radius 1 is 1.22 bits per heavy atom. The van der Waals surface area contributed by atoms with Crippen molar-refractivity contribution in [3.63, 3.8) is 0 Å². The van der Waals surface area contributed by atoms with Crippen LogP contribution in [-0.2, 0) is 0 Å². The van der Waals surface area contributed by atoms with Crippen LogP contribution in [0.15, 0.2) is 42.2 Å². The van der Waals surface area contributed by atoms with Crippen molar-refractivity contribution in [3.05, 3.63) is 53.6 Å². The van der Waals surface area contributed by atoms with Crippen LogP contribution in [0.1, 0.15) is 24.8 Å². The molecule has 2 nitrogen and oxygen atoms in total. The van der Waals surface area contributed by atoms with Gasteiger partial charge in [0.15, 0.2) is 0 Å². The maximum atomic E-state index is 13.0. The Morgan fingerprint density at radius 3 is 2.78 bits per heavy atom. The molecule has 3 heteroatoms. The second-order valence-corrected chi connectivity index (χ2v) is 4.87. The van der Waals surface area contributed by atoms with Crippen LogP contribution < -0.4 is 10.6 Å². The largest absolute Gasteiger partial charge is 0.372 e. The first-order chi connectivity index (χ1) is 8.83. The number of hydrogen-bond acceptors (Lipinski definition) is 2. The molecule has 94 valence electrons. The van der Waals surface area contributed by atoms with Gasteiger partial charge >= 0.3 is 0 Å². The van der Waals surface area contributed by atoms with E-state index in [0.717, 1.165) is 25.1 Å². The van der Waals surface area contributed by atoms with E-state index in [9.17, 15) is 4.39 Å². The molecular formula is C15H17FN2. The quantitative estimate of drug-likeness (QED) is 0.854. The average molecular weight is 244 g/mol. The van der Waals surface area contributed by atoms with Crippen LogP contribution in [0, 0.1) is 11.7 Å². The predicted octanol–water partition coefficient (Wildman–Crippen LogP) is 3.00. The standard InChI is InChI=1S/C15H17FN2/c16-13-6-4-11(5-7-13)15-3-1-2-12(15)8-14-9-17-10-18-14/h3-7,9,12,17-18H,1-2,8,10H2/t12-/m1/s1. The molecule has 0 amide bonds. The van der Waals surface area contributed by atoms with E-state index < -0.39 is 0 Å². The second kappa shape index (κ2) is 4.84. The van der Waals surface area contributed by atoms with E-state index in [-0.39, 0.29) is 5.82 Å². The van der Waals surface area contributed by atoms with Crippen LogP contribution in [0.25, 0.3) is 5.57 Å². The Labute approximate surface area is 107 Å². The molecule has 0 spiro atoms. The lowest BCUT2D eigenvalue weighted by molar-refractivity contribution is 0.614. The van der Waals surface area contributed by atoms with Gasteiger partial charge in [0, 0.05) is 11.9 Å². The SMILES string of the molecule is Fc1ccc(C2=CCC[C@@H]2CC2=CNCN2)cc1. The molecule has 0 saturated carbocycles. The van der Waals surface area contributed by atoms with Gasteiger partial charge in [-0.1, -0.05) is 18.2 Å². The van der Waals surface area contributed by atoms with Crippen molar-refractivity contribution in [2.45, 2.75) is 19.3 Å². The third-order valence-corrected chi connectivity index (χ3v) is 3.66. The molecule has 0 bridgehead atoms. The average Bonchev–Trinajstić information content (AvgIpc) is 3.02. The summed E-state index contributed by atoms with van der Waals surface area (Å²) >= 11 is 0. The minimum atomic E-state index is -0.168. The molecule has 0 saturated heterocycles. The first-order valence-corrected chi connectivity index (χ1v) is 6.45. The number of halogens is 1. The highest BCUT2D eigenvalue weighted by atomic mass is 19.1. The number of nitrogens with one attached hydrogen (secondary N) is 2. The summed E-state index contributed by atoms with van der Waals surface area (Å²) in [5.74, 6) is 0.382. The molecule has 1 atom stereocenters. The zero-order valence-corrected chi connectivity index (χ0v) is 10.2. The highest BCUT2D eigenvalue weighted by Crippen LogP contribution is 2.37. The van der Waals surface area contributed by atoms with E-state index in [4.69, 9.17) is 0 Å². The van der Waals surface area contributed by atoms with Crippen LogP contribution in [0.4, 0.5) is 4.39 Å². The molecule has 2 aliphatic rings. The van der Waals surface area contributed by atoms with Gasteiger partial charge in [-0.05, 0) is 48.4 Å². The Bertz CT molecular complexity index is 488. The van der Waals surface area contributed by atoms with Crippen LogP contribution in [0.2, 0.25) is 0 Å². The van der Waals surface area contributed by atoms with Gasteiger partial charge in [-0.25, -0.2) is 4.39 Å². The fraction of sp³-hybridized carbons (Fsp3) is 0.333. The molecule has 0 fully saturated rings. The lowest BCUT2D eigenvalue weighted by Crippen LogP contribution is -2.15. The van der Waals surface area contributed by atoms with E-state index in [1.165, 1.54) is 17.7 Å². The van der Waals surface area contributed by atoms with Gasteiger partial charge in [0.1, 0.15) is 5.82 Å². The highest BCUT2D eigenvalue weighted by molar-refractivity contribution is 5.69. The van der Waals surface area contributed by atoms with Crippen molar-refractivity contribution in [2.24, 2.45) is 5.92 Å². The molecule has 0 aromatic heterocycles. The summed E-state index contributed by atoms with van der Waals surface area (Å²) in [5, 5.41) is 6.49. The summed E-state index contributed by atoms with van der Waals surface area (Å²) in [6.07, 6.45) is 7.70. The molecule has 1 aliphatic carbocycles. The lowest BCUT2D eigenvalue weighted by Gasteiger charge is -2.16. The fourth-order valence-electron chi connectivity index (χ4n) is 2.76. The summed E-state index contributed by atoms with van der Waals surface area (Å²) in [5.41, 5.74) is 3.80. The monoisotopic (exact) mass is 244 g/mol. The number of hydrogen-bond donors (Lipinski definition) is 2. The predicted molar refractivity (Wildman–Crippen MR) is 70.9 cm³/mol. The van der Waals surface area contributed by atoms with Gasteiger partial charge in [-0.2, -0.15) is 0 Å². The summed E-state index contributed by atoms with van der Waals surface area (Å²) in [6, 6.07) is 6.85. The smallest absolute Gasteiger partial charge is 0.123 e. The molecule has 2 N–H and O–H groups in total. The van der Waals surface area contributed by atoms with Crippen molar-refractivity contribution in [1.82, 2.24) is 10.6 Å². The van der Waals surface area contributed by atoms with Crippen molar-refractivity contribution >= 4 is 5.57 Å². The minimum absolute atomic E-state index is 0.168. The summed E-state index contributed by atoms with van der Waals surface area (Å²) < 4.78 is 13.0. The van der Waals surface area contributed by atoms with Crippen LogP contribution in [0.5, 0.6) is 0 Å². The molecule has 1 aromatic carbocycles. The fourth-order valence-corrected chi connectivity index (χ4v) is 2.76. The Morgan fingerprint density at radius 2 is 2.06 bits per heavy atom. The molecule has 0 unspecified atom stereocenters. The van der Waals surface area contributed by atoms with Crippen LogP contribution >= 0.6 is 0 Å². The van der Waals surface area contributed by atoms with Gasteiger partial charge in [-0.15, -0.1) is 0 Å². The topological polar surface area (TPSA) is 24.1 Å². The molecule has 18 heavy (non-hydrogen) atoms. The molecule has 1 aromatic rings. The number of benzene rings is 1. The third kappa shape index (κ3) is 2.26. The maximum absolute atomic E-state index is 13.0. The van der Waals surface area contributed by atoms with Gasteiger partial charge in [0.2, 0.25) is 0 Å². The number of allylic oxidation sites excluding steroid dienone is 3. The van der Waals surface area contributed by atoms with Gasteiger partial charge in [0.25, 0.3) is 0 Å². The zero-order chi connectivity index (χ0) is 12.4. The Balaban J connectivity index is 1.76. The second-order valence-electron chi connectivity index (χ2n) is 4.87. The highest BCUT2D eigenvalue weighted by Gasteiger charge is 2.22. The van der Waals surface area contributed by atoms with Crippen molar-refractivity contribution < 1.29 is 4.39 Å². The zero-order valence-electron chi connectivity index (χ0n) is 10.2. The molecular weight excluding hydrogens is 227 g/mol. The van der Waals surface area contributed by atoms with E-state index >= 15 is 0 Å². The summed E-state index contributed by atoms with van der Waals surface area (Å²) in [6.45, 7) is 0.831. The Hall–Kier alpha value is -1.77. The maximum Gasteiger partial charge on any atom is 0.123 e. The normalized spacial score (nSPS) is 22.2. The third-order valence-electron chi connectivity index (χ3n) is 3.66. The first-order valence-electron chi connectivity index (χ1n) is 6.45. The molecule has 1 heterocycles. The molecule has 1 aliphatic heterocycles. The van der Waals surface area contributed by atoms with Gasteiger partial charge in [-0.3, -0.25) is 0 Å². The van der Waals surface area contributed by atoms with Crippen molar-refractivity contribution in [3.8, 4) is 0 Å². The first kappa shape index (κ1) is 11.3. The van der Waals surface area contributed by atoms with E-state index in [1.54, 1.807) is 12.1 Å². The number of rotatable bonds is 3. The lowest BCUT2D eigenvalue weighted by atomic mass is 9.91.